The predicted octanol–water partition coefficient (Wildman–Crippen LogP) is 2.49. The number of aliphatic hydroxyl groups is 1. The third kappa shape index (κ3) is 3.40. The standard InChI is InChI=1S/C15H23NO3S/c1-4-19-15(2,3)14(18)16-13(10-8-11(17)9-10)12-6-5-7-20-12/h5-7,10-11,13,17H,4,8-9H2,1-3H3,(H,16,18)/t10?,11?,13-/m0/s1. The van der Waals surface area contributed by atoms with E-state index in [9.17, 15) is 9.90 Å². The minimum atomic E-state index is -0.827. The number of carbonyl (C=O) groups excluding carboxylic acids is 1. The summed E-state index contributed by atoms with van der Waals surface area (Å²) in [5.41, 5.74) is -0.827. The Morgan fingerprint density at radius 2 is 2.30 bits per heavy atom. The Kier molecular flexibility index (Phi) is 4.83. The lowest BCUT2D eigenvalue weighted by Gasteiger charge is -2.39. The Morgan fingerprint density at radius 1 is 1.60 bits per heavy atom. The van der Waals surface area contributed by atoms with Gasteiger partial charge in [-0.05, 0) is 51.0 Å². The number of rotatable bonds is 6. The minimum absolute atomic E-state index is 0.0226. The number of aliphatic hydroxyl groups excluding tert-OH is 1. The molecule has 1 atom stereocenters. The molecule has 0 spiro atoms. The van der Waals surface area contributed by atoms with Crippen molar-refractivity contribution in [2.24, 2.45) is 5.92 Å². The van der Waals surface area contributed by atoms with Gasteiger partial charge in [0.1, 0.15) is 5.60 Å². The summed E-state index contributed by atoms with van der Waals surface area (Å²) in [5, 5.41) is 14.6. The van der Waals surface area contributed by atoms with E-state index in [-0.39, 0.29) is 18.1 Å². The third-order valence-corrected chi connectivity index (χ3v) is 4.76. The summed E-state index contributed by atoms with van der Waals surface area (Å²) in [6.07, 6.45) is 1.27. The molecule has 4 nitrogen and oxygen atoms in total. The van der Waals surface area contributed by atoms with Gasteiger partial charge in [0, 0.05) is 11.5 Å². The summed E-state index contributed by atoms with van der Waals surface area (Å²) in [6, 6.07) is 4.00. The first kappa shape index (κ1) is 15.5. The molecule has 0 radical (unpaired) electrons. The number of hydrogen-bond acceptors (Lipinski definition) is 4. The van der Waals surface area contributed by atoms with Gasteiger partial charge in [0.15, 0.2) is 0 Å². The van der Waals surface area contributed by atoms with Crippen molar-refractivity contribution in [3.8, 4) is 0 Å². The lowest BCUT2D eigenvalue weighted by Crippen LogP contribution is -2.49. The monoisotopic (exact) mass is 297 g/mol. The number of thiophene rings is 1. The van der Waals surface area contributed by atoms with Crippen LogP contribution >= 0.6 is 11.3 Å². The lowest BCUT2D eigenvalue weighted by atomic mass is 9.76. The van der Waals surface area contributed by atoms with Crippen LogP contribution in [0, 0.1) is 5.92 Å². The van der Waals surface area contributed by atoms with Crippen LogP contribution in [-0.2, 0) is 9.53 Å². The van der Waals surface area contributed by atoms with E-state index in [1.165, 1.54) is 0 Å². The summed E-state index contributed by atoms with van der Waals surface area (Å²) in [5.74, 6) is 0.212. The van der Waals surface area contributed by atoms with Crippen molar-refractivity contribution in [2.75, 3.05) is 6.61 Å². The van der Waals surface area contributed by atoms with Gasteiger partial charge in [-0.15, -0.1) is 11.3 Å². The summed E-state index contributed by atoms with van der Waals surface area (Å²) < 4.78 is 5.50. The van der Waals surface area contributed by atoms with E-state index >= 15 is 0 Å². The molecule has 5 heteroatoms. The highest BCUT2D eigenvalue weighted by atomic mass is 32.1. The second kappa shape index (κ2) is 6.24. The number of hydrogen-bond donors (Lipinski definition) is 2. The average molecular weight is 297 g/mol. The van der Waals surface area contributed by atoms with Crippen LogP contribution in [0.1, 0.15) is 44.5 Å². The van der Waals surface area contributed by atoms with E-state index in [4.69, 9.17) is 4.74 Å². The van der Waals surface area contributed by atoms with Crippen molar-refractivity contribution in [2.45, 2.75) is 51.4 Å². The predicted molar refractivity (Wildman–Crippen MR) is 79.6 cm³/mol. The maximum Gasteiger partial charge on any atom is 0.252 e. The molecule has 1 aliphatic rings. The first-order chi connectivity index (χ1) is 9.44. The molecule has 1 aromatic heterocycles. The van der Waals surface area contributed by atoms with Crippen molar-refractivity contribution in [1.29, 1.82) is 0 Å². The molecule has 112 valence electrons. The Hall–Kier alpha value is -0.910. The van der Waals surface area contributed by atoms with Crippen molar-refractivity contribution in [1.82, 2.24) is 5.32 Å². The fraction of sp³-hybridized carbons (Fsp3) is 0.667. The summed E-state index contributed by atoms with van der Waals surface area (Å²) in [7, 11) is 0. The second-order valence-electron chi connectivity index (χ2n) is 5.80. The zero-order chi connectivity index (χ0) is 14.8. The highest BCUT2D eigenvalue weighted by Crippen LogP contribution is 2.39. The normalized spacial score (nSPS) is 24.0. The van der Waals surface area contributed by atoms with Crippen LogP contribution in [0.2, 0.25) is 0 Å². The molecule has 20 heavy (non-hydrogen) atoms. The second-order valence-corrected chi connectivity index (χ2v) is 6.77. The van der Waals surface area contributed by atoms with Crippen LogP contribution in [-0.4, -0.2) is 29.3 Å². The van der Waals surface area contributed by atoms with E-state index in [0.29, 0.717) is 12.5 Å². The number of nitrogens with one attached hydrogen (secondary N) is 1. The zero-order valence-electron chi connectivity index (χ0n) is 12.3. The van der Waals surface area contributed by atoms with Gasteiger partial charge in [-0.2, -0.15) is 0 Å². The Balaban J connectivity index is 2.07. The van der Waals surface area contributed by atoms with Crippen LogP contribution in [0.5, 0.6) is 0 Å². The summed E-state index contributed by atoms with van der Waals surface area (Å²) >= 11 is 1.64. The van der Waals surface area contributed by atoms with Gasteiger partial charge in [-0.25, -0.2) is 0 Å². The van der Waals surface area contributed by atoms with Crippen LogP contribution in [0.3, 0.4) is 0 Å². The van der Waals surface area contributed by atoms with E-state index < -0.39 is 5.60 Å². The molecule has 1 fully saturated rings. The minimum Gasteiger partial charge on any atom is -0.393 e. The Bertz CT molecular complexity index is 438. The highest BCUT2D eigenvalue weighted by Gasteiger charge is 2.38. The first-order valence-corrected chi connectivity index (χ1v) is 7.98. The Labute approximate surface area is 124 Å². The van der Waals surface area contributed by atoms with Crippen molar-refractivity contribution < 1.29 is 14.6 Å². The molecule has 1 amide bonds. The van der Waals surface area contributed by atoms with Gasteiger partial charge < -0.3 is 15.2 Å². The molecule has 0 aliphatic heterocycles. The molecular weight excluding hydrogens is 274 g/mol. The van der Waals surface area contributed by atoms with Gasteiger partial charge in [0.25, 0.3) is 5.91 Å². The van der Waals surface area contributed by atoms with Crippen LogP contribution in [0.15, 0.2) is 17.5 Å². The molecular formula is C15H23NO3S. The molecule has 2 N–H and O–H groups in total. The lowest BCUT2D eigenvalue weighted by molar-refractivity contribution is -0.144. The topological polar surface area (TPSA) is 58.6 Å². The largest absolute Gasteiger partial charge is 0.393 e. The Morgan fingerprint density at radius 3 is 2.80 bits per heavy atom. The van der Waals surface area contributed by atoms with Gasteiger partial charge in [-0.3, -0.25) is 4.79 Å². The third-order valence-electron chi connectivity index (χ3n) is 3.81. The van der Waals surface area contributed by atoms with Crippen molar-refractivity contribution in [3.05, 3.63) is 22.4 Å². The summed E-state index contributed by atoms with van der Waals surface area (Å²) in [6.45, 7) is 5.96. The molecule has 0 saturated heterocycles. The molecule has 0 bridgehead atoms. The van der Waals surface area contributed by atoms with Gasteiger partial charge in [0.05, 0.1) is 12.1 Å². The van der Waals surface area contributed by atoms with E-state index in [0.717, 1.165) is 17.7 Å². The van der Waals surface area contributed by atoms with Crippen molar-refractivity contribution in [3.63, 3.8) is 0 Å². The van der Waals surface area contributed by atoms with Crippen LogP contribution in [0.25, 0.3) is 0 Å². The van der Waals surface area contributed by atoms with Crippen LogP contribution in [0.4, 0.5) is 0 Å². The first-order valence-electron chi connectivity index (χ1n) is 7.10. The molecule has 2 rings (SSSR count). The average Bonchev–Trinajstić information content (AvgIpc) is 2.85. The van der Waals surface area contributed by atoms with Gasteiger partial charge >= 0.3 is 0 Å². The number of amides is 1. The maximum absolute atomic E-state index is 12.4. The van der Waals surface area contributed by atoms with Gasteiger partial charge in [0.2, 0.25) is 0 Å². The smallest absolute Gasteiger partial charge is 0.252 e. The zero-order valence-corrected chi connectivity index (χ0v) is 13.1. The summed E-state index contributed by atoms with van der Waals surface area (Å²) in [4.78, 5) is 13.5. The molecule has 0 aromatic carbocycles. The molecule has 1 heterocycles. The van der Waals surface area contributed by atoms with E-state index in [1.807, 2.05) is 24.4 Å². The fourth-order valence-electron chi connectivity index (χ4n) is 2.53. The molecule has 1 aliphatic carbocycles. The van der Waals surface area contributed by atoms with Gasteiger partial charge in [-0.1, -0.05) is 6.07 Å². The fourth-order valence-corrected chi connectivity index (χ4v) is 3.40. The molecule has 1 aromatic rings. The quantitative estimate of drug-likeness (QED) is 0.848. The molecule has 0 unspecified atom stereocenters. The van der Waals surface area contributed by atoms with E-state index in [1.54, 1.807) is 25.2 Å². The highest BCUT2D eigenvalue weighted by molar-refractivity contribution is 7.10. The van der Waals surface area contributed by atoms with E-state index in [2.05, 4.69) is 5.32 Å². The SMILES string of the molecule is CCOC(C)(C)C(=O)N[C@H](c1cccs1)C1CC(O)C1. The van der Waals surface area contributed by atoms with Crippen molar-refractivity contribution >= 4 is 17.2 Å². The van der Waals surface area contributed by atoms with Crippen LogP contribution < -0.4 is 5.32 Å². The molecule has 1 saturated carbocycles. The number of carbonyl (C=O) groups is 1. The maximum atomic E-state index is 12.4. The number of ether oxygens (including phenoxy) is 1.